The molecule has 8 nitrogen and oxygen atoms in total. The van der Waals surface area contributed by atoms with Gasteiger partial charge in [-0.15, -0.1) is 0 Å². The highest BCUT2D eigenvalue weighted by Crippen LogP contribution is 2.09. The molecule has 0 aliphatic carbocycles. The average Bonchev–Trinajstić information content (AvgIpc) is 2.72. The Bertz CT molecular complexity index is 908. The smallest absolute Gasteiger partial charge is 0.287 e. The van der Waals surface area contributed by atoms with Crippen LogP contribution in [0, 0.1) is 0 Å². The summed E-state index contributed by atoms with van der Waals surface area (Å²) in [7, 11) is 1.50. The molecular formula is C20H21N5O3. The van der Waals surface area contributed by atoms with Crippen molar-refractivity contribution in [2.45, 2.75) is 12.5 Å². The van der Waals surface area contributed by atoms with Gasteiger partial charge in [0, 0.05) is 25.9 Å². The molecular weight excluding hydrogens is 358 g/mol. The van der Waals surface area contributed by atoms with Gasteiger partial charge in [0.15, 0.2) is 0 Å². The number of pyridine rings is 1. The van der Waals surface area contributed by atoms with Crippen molar-refractivity contribution in [3.8, 4) is 0 Å². The Hall–Kier alpha value is -3.81. The zero-order chi connectivity index (χ0) is 20.5. The monoisotopic (exact) mass is 379 g/mol. The molecule has 0 saturated carbocycles. The van der Waals surface area contributed by atoms with E-state index in [2.05, 4.69) is 15.3 Å². The molecule has 2 amide bonds. The maximum Gasteiger partial charge on any atom is 0.287 e. The normalized spacial score (nSPS) is 12.9. The third kappa shape index (κ3) is 5.10. The molecule has 0 fully saturated rings. The van der Waals surface area contributed by atoms with Crippen molar-refractivity contribution in [2.24, 2.45) is 16.5 Å². The zero-order valence-electron chi connectivity index (χ0n) is 15.3. The van der Waals surface area contributed by atoms with Crippen LogP contribution in [0.2, 0.25) is 0 Å². The maximum absolute atomic E-state index is 12.8. The number of amides is 2. The van der Waals surface area contributed by atoms with Gasteiger partial charge in [0.25, 0.3) is 11.8 Å². The number of nitrogens with zero attached hydrogens (tertiary/aromatic N) is 2. The summed E-state index contributed by atoms with van der Waals surface area (Å²) in [6, 6.07) is 13.0. The van der Waals surface area contributed by atoms with Crippen LogP contribution in [0.25, 0.3) is 0 Å². The summed E-state index contributed by atoms with van der Waals surface area (Å²) in [5.74, 6) is -2.70. The first kappa shape index (κ1) is 20.5. The number of nitrogens with two attached hydrogens (primary N) is 2. The van der Waals surface area contributed by atoms with Crippen molar-refractivity contribution in [3.05, 3.63) is 77.8 Å². The van der Waals surface area contributed by atoms with Gasteiger partial charge in [0.2, 0.25) is 5.78 Å². The number of Topliss-reactive ketones (excluding diaryl/α,β-unsaturated/α-hetero) is 1. The first-order valence-corrected chi connectivity index (χ1v) is 8.46. The highest BCUT2D eigenvalue weighted by atomic mass is 16.2. The lowest BCUT2D eigenvalue weighted by molar-refractivity contribution is -0.138. The molecule has 1 aromatic heterocycles. The van der Waals surface area contributed by atoms with Crippen LogP contribution in [0.15, 0.2) is 71.5 Å². The Kier molecular flexibility index (Phi) is 7.15. The van der Waals surface area contributed by atoms with E-state index in [4.69, 9.17) is 11.5 Å². The molecule has 1 aromatic carbocycles. The fourth-order valence-electron chi connectivity index (χ4n) is 2.60. The third-order valence-electron chi connectivity index (χ3n) is 3.94. The van der Waals surface area contributed by atoms with Gasteiger partial charge in [-0.1, -0.05) is 36.4 Å². The zero-order valence-corrected chi connectivity index (χ0v) is 15.3. The summed E-state index contributed by atoms with van der Waals surface area (Å²) in [4.78, 5) is 44.7. The molecule has 28 heavy (non-hydrogen) atoms. The number of carbonyl (C=O) groups excluding carboxylic acids is 3. The number of primary amides is 1. The second-order valence-corrected chi connectivity index (χ2v) is 5.81. The van der Waals surface area contributed by atoms with Gasteiger partial charge in [-0.3, -0.25) is 24.4 Å². The molecule has 2 aromatic rings. The molecule has 2 rings (SSSR count). The van der Waals surface area contributed by atoms with Gasteiger partial charge in [-0.2, -0.15) is 0 Å². The summed E-state index contributed by atoms with van der Waals surface area (Å²) in [5.41, 5.74) is 12.3. The summed E-state index contributed by atoms with van der Waals surface area (Å²) in [6.45, 7) is 0. The van der Waals surface area contributed by atoms with Crippen molar-refractivity contribution in [2.75, 3.05) is 7.05 Å². The number of ketones is 1. The lowest BCUT2D eigenvalue weighted by Crippen LogP contribution is -2.48. The molecule has 1 unspecified atom stereocenters. The number of aliphatic imine (C=N–C) groups is 1. The van der Waals surface area contributed by atoms with Crippen molar-refractivity contribution in [1.29, 1.82) is 0 Å². The van der Waals surface area contributed by atoms with Crippen LogP contribution in [0.4, 0.5) is 0 Å². The van der Waals surface area contributed by atoms with E-state index in [1.165, 1.54) is 7.05 Å². The number of benzene rings is 1. The first-order chi connectivity index (χ1) is 13.5. The van der Waals surface area contributed by atoms with E-state index in [1.54, 1.807) is 48.7 Å². The first-order valence-electron chi connectivity index (χ1n) is 8.46. The van der Waals surface area contributed by atoms with Crippen molar-refractivity contribution >= 4 is 23.3 Å². The van der Waals surface area contributed by atoms with E-state index in [1.807, 2.05) is 6.07 Å². The molecule has 0 bridgehead atoms. The lowest BCUT2D eigenvalue weighted by Gasteiger charge is -2.18. The number of rotatable bonds is 8. The molecule has 5 N–H and O–H groups in total. The Morgan fingerprint density at radius 1 is 1.14 bits per heavy atom. The number of aromatic nitrogens is 1. The van der Waals surface area contributed by atoms with Crippen molar-refractivity contribution in [3.63, 3.8) is 0 Å². The van der Waals surface area contributed by atoms with Crippen LogP contribution in [0.1, 0.15) is 11.3 Å². The number of carbonyl (C=O) groups is 3. The highest BCUT2D eigenvalue weighted by molar-refractivity contribution is 6.38. The molecule has 0 radical (unpaired) electrons. The van der Waals surface area contributed by atoms with Crippen molar-refractivity contribution < 1.29 is 14.4 Å². The van der Waals surface area contributed by atoms with Crippen LogP contribution in [0.5, 0.6) is 0 Å². The second kappa shape index (κ2) is 9.77. The second-order valence-electron chi connectivity index (χ2n) is 5.81. The summed E-state index contributed by atoms with van der Waals surface area (Å²) < 4.78 is 0. The summed E-state index contributed by atoms with van der Waals surface area (Å²) in [5, 5.41) is 2.54. The van der Waals surface area contributed by atoms with Crippen molar-refractivity contribution in [1.82, 2.24) is 10.3 Å². The van der Waals surface area contributed by atoms with Crippen LogP contribution in [-0.4, -0.2) is 41.4 Å². The van der Waals surface area contributed by atoms with Crippen LogP contribution in [0.3, 0.4) is 0 Å². The molecule has 1 atom stereocenters. The van der Waals surface area contributed by atoms with Gasteiger partial charge < -0.3 is 16.8 Å². The molecule has 0 aliphatic heterocycles. The number of nitrogens with one attached hydrogen (secondary N) is 1. The van der Waals surface area contributed by atoms with Crippen LogP contribution < -0.4 is 16.8 Å². The minimum atomic E-state index is -1.14. The summed E-state index contributed by atoms with van der Waals surface area (Å²) >= 11 is 0. The van der Waals surface area contributed by atoms with E-state index in [9.17, 15) is 14.4 Å². The Labute approximate surface area is 162 Å². The van der Waals surface area contributed by atoms with Crippen LogP contribution in [-0.2, 0) is 20.8 Å². The average molecular weight is 379 g/mol. The van der Waals surface area contributed by atoms with Gasteiger partial charge in [0.1, 0.15) is 6.04 Å². The maximum atomic E-state index is 12.8. The molecule has 8 heteroatoms. The Morgan fingerprint density at radius 3 is 2.36 bits per heavy atom. The number of hydrogen-bond donors (Lipinski definition) is 3. The molecule has 0 spiro atoms. The van der Waals surface area contributed by atoms with Gasteiger partial charge in [-0.05, 0) is 17.7 Å². The minimum absolute atomic E-state index is 0.0246. The quantitative estimate of drug-likeness (QED) is 0.339. The lowest BCUT2D eigenvalue weighted by atomic mass is 10.0. The fourth-order valence-corrected chi connectivity index (χ4v) is 2.60. The van der Waals surface area contributed by atoms with E-state index >= 15 is 0 Å². The van der Waals surface area contributed by atoms with E-state index in [0.29, 0.717) is 5.69 Å². The summed E-state index contributed by atoms with van der Waals surface area (Å²) in [6.07, 6.45) is 2.75. The van der Waals surface area contributed by atoms with Gasteiger partial charge in [-0.25, -0.2) is 0 Å². The molecule has 0 aliphatic rings. The molecule has 1 heterocycles. The minimum Gasteiger partial charge on any atom is -0.404 e. The van der Waals surface area contributed by atoms with Gasteiger partial charge in [0.05, 0.1) is 17.0 Å². The standard InChI is InChI=1S/C20H21N5O3/c1-23-17(15-9-5-6-10-24-15)14(12-21)20(28)25-16(18(26)19(22)27)11-13-7-3-2-4-8-13/h2-10,12,16H,11,21H2,1H3,(H2,22,27)(H,25,28)/b14-12+,23-17?. The van der Waals surface area contributed by atoms with E-state index < -0.39 is 23.6 Å². The number of hydrogen-bond acceptors (Lipinski definition) is 6. The largest absolute Gasteiger partial charge is 0.404 e. The Balaban J connectivity index is 2.27. The predicted octanol–water partition coefficient (Wildman–Crippen LogP) is 0.125. The topological polar surface area (TPSA) is 141 Å². The SMILES string of the molecule is CN=C(/C(=C\N)C(=O)NC(Cc1ccccc1)C(=O)C(N)=O)c1ccccn1. The van der Waals surface area contributed by atoms with Gasteiger partial charge >= 0.3 is 0 Å². The fraction of sp³-hybridized carbons (Fsp3) is 0.150. The van der Waals surface area contributed by atoms with E-state index in [-0.39, 0.29) is 17.7 Å². The van der Waals surface area contributed by atoms with E-state index in [0.717, 1.165) is 11.8 Å². The third-order valence-corrected chi connectivity index (χ3v) is 3.94. The molecule has 144 valence electrons. The Morgan fingerprint density at radius 2 is 1.82 bits per heavy atom. The molecule has 0 saturated heterocycles. The van der Waals surface area contributed by atoms with Crippen LogP contribution >= 0.6 is 0 Å². The highest BCUT2D eigenvalue weighted by Gasteiger charge is 2.28. The predicted molar refractivity (Wildman–Crippen MR) is 105 cm³/mol.